The third kappa shape index (κ3) is 3.78. The third-order valence-corrected chi connectivity index (χ3v) is 5.78. The summed E-state index contributed by atoms with van der Waals surface area (Å²) < 4.78 is 0. The normalized spacial score (nSPS) is 28.0. The Bertz CT molecular complexity index is 340. The van der Waals surface area contributed by atoms with Gasteiger partial charge in [0.25, 0.3) is 0 Å². The van der Waals surface area contributed by atoms with E-state index < -0.39 is 0 Å². The number of nitrogens with zero attached hydrogens (tertiary/aromatic N) is 2. The fourth-order valence-corrected chi connectivity index (χ4v) is 4.30. The van der Waals surface area contributed by atoms with Gasteiger partial charge in [0.2, 0.25) is 5.91 Å². The molecule has 4 heteroatoms. The summed E-state index contributed by atoms with van der Waals surface area (Å²) in [5.41, 5.74) is 0. The van der Waals surface area contributed by atoms with Gasteiger partial charge >= 0.3 is 0 Å². The Balaban J connectivity index is 1.43. The topological polar surface area (TPSA) is 35.6 Å². The van der Waals surface area contributed by atoms with Crippen LogP contribution in [0.3, 0.4) is 0 Å². The second kappa shape index (κ2) is 7.10. The smallest absolute Gasteiger partial charge is 0.237 e. The number of hydrogen-bond acceptors (Lipinski definition) is 3. The molecular formula is C17H31N3O. The first-order valence-electron chi connectivity index (χ1n) is 9.02. The van der Waals surface area contributed by atoms with Gasteiger partial charge < -0.3 is 10.2 Å². The molecule has 3 rings (SSSR count). The van der Waals surface area contributed by atoms with E-state index in [1.165, 1.54) is 64.5 Å². The Morgan fingerprint density at radius 2 is 1.57 bits per heavy atom. The highest BCUT2D eigenvalue weighted by atomic mass is 16.2. The van der Waals surface area contributed by atoms with Crippen LogP contribution < -0.4 is 5.32 Å². The van der Waals surface area contributed by atoms with Gasteiger partial charge in [0.05, 0.1) is 6.04 Å². The molecule has 2 aliphatic heterocycles. The van der Waals surface area contributed by atoms with Gasteiger partial charge in [-0.25, -0.2) is 0 Å². The number of hydrogen-bond donors (Lipinski definition) is 1. The van der Waals surface area contributed by atoms with Gasteiger partial charge in [-0.1, -0.05) is 12.8 Å². The van der Waals surface area contributed by atoms with E-state index in [0.717, 1.165) is 19.1 Å². The van der Waals surface area contributed by atoms with Crippen molar-refractivity contribution in [1.29, 1.82) is 0 Å². The maximum Gasteiger partial charge on any atom is 0.237 e. The molecule has 120 valence electrons. The van der Waals surface area contributed by atoms with Gasteiger partial charge in [0, 0.05) is 25.2 Å². The van der Waals surface area contributed by atoms with E-state index in [4.69, 9.17) is 0 Å². The zero-order chi connectivity index (χ0) is 14.7. The monoisotopic (exact) mass is 293 g/mol. The van der Waals surface area contributed by atoms with Crippen molar-refractivity contribution in [2.45, 2.75) is 76.4 Å². The van der Waals surface area contributed by atoms with Crippen molar-refractivity contribution in [3.63, 3.8) is 0 Å². The molecule has 0 aromatic heterocycles. The third-order valence-electron chi connectivity index (χ3n) is 5.78. The van der Waals surface area contributed by atoms with E-state index in [9.17, 15) is 4.79 Å². The molecule has 3 fully saturated rings. The van der Waals surface area contributed by atoms with Crippen molar-refractivity contribution < 1.29 is 4.79 Å². The summed E-state index contributed by atoms with van der Waals surface area (Å²) in [6, 6.07) is 1.26. The summed E-state index contributed by atoms with van der Waals surface area (Å²) in [7, 11) is 0. The molecule has 0 spiro atoms. The van der Waals surface area contributed by atoms with Gasteiger partial charge in [-0.2, -0.15) is 0 Å². The standard InChI is InChI=1S/C17H31N3O/c1-14(17(21)18-15-6-2-3-7-15)19-12-8-16(9-13-19)20-10-4-5-11-20/h14-16H,2-13H2,1H3,(H,18,21). The first-order valence-corrected chi connectivity index (χ1v) is 9.02. The lowest BCUT2D eigenvalue weighted by Gasteiger charge is -2.39. The Kier molecular flexibility index (Phi) is 5.17. The second-order valence-corrected chi connectivity index (χ2v) is 7.18. The molecule has 1 amide bonds. The van der Waals surface area contributed by atoms with Crippen molar-refractivity contribution in [1.82, 2.24) is 15.1 Å². The SMILES string of the molecule is CC(C(=O)NC1CCCC1)N1CCC(N2CCCC2)CC1. The number of likely N-dealkylation sites (tertiary alicyclic amines) is 2. The predicted molar refractivity (Wildman–Crippen MR) is 85.3 cm³/mol. The average molecular weight is 293 g/mol. The van der Waals surface area contributed by atoms with Crippen LogP contribution in [0.2, 0.25) is 0 Å². The minimum atomic E-state index is 0.0464. The number of nitrogens with one attached hydrogen (secondary N) is 1. The van der Waals surface area contributed by atoms with Crippen LogP contribution in [-0.4, -0.2) is 60.0 Å². The van der Waals surface area contributed by atoms with Crippen molar-refractivity contribution in [3.05, 3.63) is 0 Å². The van der Waals surface area contributed by atoms with Crippen LogP contribution in [0.5, 0.6) is 0 Å². The van der Waals surface area contributed by atoms with Crippen LogP contribution >= 0.6 is 0 Å². The van der Waals surface area contributed by atoms with E-state index >= 15 is 0 Å². The fraction of sp³-hybridized carbons (Fsp3) is 0.941. The molecule has 0 bridgehead atoms. The molecular weight excluding hydrogens is 262 g/mol. The van der Waals surface area contributed by atoms with E-state index in [-0.39, 0.29) is 11.9 Å². The van der Waals surface area contributed by atoms with Crippen molar-refractivity contribution in [3.8, 4) is 0 Å². The Hall–Kier alpha value is -0.610. The molecule has 2 heterocycles. The number of rotatable bonds is 4. The summed E-state index contributed by atoms with van der Waals surface area (Å²) in [6.45, 7) is 6.84. The molecule has 1 atom stereocenters. The molecule has 1 unspecified atom stereocenters. The van der Waals surface area contributed by atoms with Gasteiger partial charge in [0.15, 0.2) is 0 Å². The summed E-state index contributed by atoms with van der Waals surface area (Å²) in [5, 5.41) is 3.25. The largest absolute Gasteiger partial charge is 0.352 e. The average Bonchev–Trinajstić information content (AvgIpc) is 3.20. The maximum atomic E-state index is 12.4. The number of carbonyl (C=O) groups excluding carboxylic acids is 1. The predicted octanol–water partition coefficient (Wildman–Crippen LogP) is 1.99. The quantitative estimate of drug-likeness (QED) is 0.861. The van der Waals surface area contributed by atoms with Crippen LogP contribution in [0.15, 0.2) is 0 Å². The summed E-state index contributed by atoms with van der Waals surface area (Å²) in [5.74, 6) is 0.251. The Morgan fingerprint density at radius 3 is 2.19 bits per heavy atom. The highest BCUT2D eigenvalue weighted by Crippen LogP contribution is 2.23. The number of amides is 1. The van der Waals surface area contributed by atoms with Crippen LogP contribution in [0.4, 0.5) is 0 Å². The summed E-state index contributed by atoms with van der Waals surface area (Å²) in [6.07, 6.45) is 10.1. The molecule has 1 N–H and O–H groups in total. The first kappa shape index (κ1) is 15.3. The highest BCUT2D eigenvalue weighted by Gasteiger charge is 2.31. The summed E-state index contributed by atoms with van der Waals surface area (Å²) >= 11 is 0. The Morgan fingerprint density at radius 1 is 0.952 bits per heavy atom. The summed E-state index contributed by atoms with van der Waals surface area (Å²) in [4.78, 5) is 17.4. The van der Waals surface area contributed by atoms with Crippen LogP contribution in [0.1, 0.15) is 58.3 Å². The molecule has 3 aliphatic rings. The molecule has 0 aromatic carbocycles. The zero-order valence-corrected chi connectivity index (χ0v) is 13.5. The number of carbonyl (C=O) groups is 1. The lowest BCUT2D eigenvalue weighted by atomic mass is 10.0. The molecule has 1 saturated carbocycles. The second-order valence-electron chi connectivity index (χ2n) is 7.18. The van der Waals surface area contributed by atoms with E-state index in [1.807, 2.05) is 0 Å². The van der Waals surface area contributed by atoms with Gasteiger partial charge in [0.1, 0.15) is 0 Å². The molecule has 21 heavy (non-hydrogen) atoms. The first-order chi connectivity index (χ1) is 10.2. The van der Waals surface area contributed by atoms with Crippen LogP contribution in [-0.2, 0) is 4.79 Å². The van der Waals surface area contributed by atoms with Gasteiger partial charge in [-0.15, -0.1) is 0 Å². The molecule has 1 aliphatic carbocycles. The van der Waals surface area contributed by atoms with E-state index in [1.54, 1.807) is 0 Å². The van der Waals surface area contributed by atoms with Gasteiger partial charge in [-0.05, 0) is 58.5 Å². The maximum absolute atomic E-state index is 12.4. The molecule has 4 nitrogen and oxygen atoms in total. The van der Waals surface area contributed by atoms with E-state index in [2.05, 4.69) is 22.0 Å². The zero-order valence-electron chi connectivity index (χ0n) is 13.5. The molecule has 0 radical (unpaired) electrons. The van der Waals surface area contributed by atoms with Gasteiger partial charge in [-0.3, -0.25) is 9.69 Å². The van der Waals surface area contributed by atoms with Crippen molar-refractivity contribution in [2.75, 3.05) is 26.2 Å². The fourth-order valence-electron chi connectivity index (χ4n) is 4.30. The van der Waals surface area contributed by atoms with Crippen molar-refractivity contribution in [2.24, 2.45) is 0 Å². The van der Waals surface area contributed by atoms with Crippen LogP contribution in [0.25, 0.3) is 0 Å². The minimum Gasteiger partial charge on any atom is -0.352 e. The van der Waals surface area contributed by atoms with Crippen LogP contribution in [0, 0.1) is 0 Å². The lowest BCUT2D eigenvalue weighted by molar-refractivity contribution is -0.127. The Labute approximate surface area is 129 Å². The van der Waals surface area contributed by atoms with Crippen molar-refractivity contribution >= 4 is 5.91 Å². The molecule has 2 saturated heterocycles. The number of piperidine rings is 1. The lowest BCUT2D eigenvalue weighted by Crippen LogP contribution is -2.52. The van der Waals surface area contributed by atoms with E-state index in [0.29, 0.717) is 6.04 Å². The highest BCUT2D eigenvalue weighted by molar-refractivity contribution is 5.81. The minimum absolute atomic E-state index is 0.0464. The molecule has 0 aromatic rings.